The maximum atomic E-state index is 12.8. The molecular weight excluding hydrogens is 934 g/mol. The number of halogens is 2. The molecule has 18 heteroatoms. The van der Waals surface area contributed by atoms with Gasteiger partial charge in [-0.1, -0.05) is 30.3 Å². The number of esters is 2. The first-order valence-electron chi connectivity index (χ1n) is 15.3. The van der Waals surface area contributed by atoms with Crippen molar-refractivity contribution in [3.05, 3.63) is 159 Å². The SMILES string of the molecule is O=C(Nc1cccc(NC(=O)Oc2cc(I)cc(C(=O)OCc3ccccc3[N+](=O)[O-])c2)c1)Oc1cc(I)cc(C(=O)OCc2ccccc2[N+](=O)[O-])c1. The number of para-hydroxylation sites is 2. The number of nitro benzene ring substituents is 2. The highest BCUT2D eigenvalue weighted by atomic mass is 127. The number of carbonyl (C=O) groups excluding carboxylic acids is 4. The topological polar surface area (TPSA) is 216 Å². The molecule has 54 heavy (non-hydrogen) atoms. The van der Waals surface area contributed by atoms with Gasteiger partial charge in [0.1, 0.15) is 24.7 Å². The molecule has 0 saturated carbocycles. The van der Waals surface area contributed by atoms with Crippen LogP contribution in [-0.4, -0.2) is 34.0 Å². The smallest absolute Gasteiger partial charge is 0.417 e. The lowest BCUT2D eigenvalue weighted by Gasteiger charge is -2.11. The predicted molar refractivity (Wildman–Crippen MR) is 208 cm³/mol. The van der Waals surface area contributed by atoms with E-state index in [1.165, 1.54) is 91.0 Å². The summed E-state index contributed by atoms with van der Waals surface area (Å²) >= 11 is 3.84. The van der Waals surface area contributed by atoms with Crippen molar-refractivity contribution < 1.29 is 48.0 Å². The first-order chi connectivity index (χ1) is 25.8. The van der Waals surface area contributed by atoms with Gasteiger partial charge in [-0.15, -0.1) is 0 Å². The van der Waals surface area contributed by atoms with E-state index in [0.717, 1.165) is 0 Å². The van der Waals surface area contributed by atoms with E-state index in [4.69, 9.17) is 18.9 Å². The number of rotatable bonds is 12. The highest BCUT2D eigenvalue weighted by Crippen LogP contribution is 2.25. The molecule has 16 nitrogen and oxygen atoms in total. The molecule has 0 bridgehead atoms. The van der Waals surface area contributed by atoms with Crippen LogP contribution in [-0.2, 0) is 22.7 Å². The van der Waals surface area contributed by atoms with Gasteiger partial charge in [0, 0.05) is 30.6 Å². The van der Waals surface area contributed by atoms with Gasteiger partial charge in [0.25, 0.3) is 11.4 Å². The average Bonchev–Trinajstić information content (AvgIpc) is 3.12. The van der Waals surface area contributed by atoms with Crippen molar-refractivity contribution in [3.8, 4) is 11.5 Å². The second-order valence-electron chi connectivity index (χ2n) is 10.9. The summed E-state index contributed by atoms with van der Waals surface area (Å²) in [6.07, 6.45) is -1.84. The van der Waals surface area contributed by atoms with E-state index in [-0.39, 0.29) is 69.7 Å². The fourth-order valence-corrected chi connectivity index (χ4v) is 6.01. The summed E-state index contributed by atoms with van der Waals surface area (Å²) in [6.45, 7) is -0.691. The van der Waals surface area contributed by atoms with Crippen molar-refractivity contribution in [1.82, 2.24) is 0 Å². The first kappa shape index (κ1) is 39.1. The molecule has 5 aromatic carbocycles. The van der Waals surface area contributed by atoms with Gasteiger partial charge in [0.05, 0.1) is 32.1 Å². The number of hydrogen-bond donors (Lipinski definition) is 2. The van der Waals surface area contributed by atoms with Crippen molar-refractivity contribution >= 4 is 92.1 Å². The Kier molecular flexibility index (Phi) is 13.1. The summed E-state index contributed by atoms with van der Waals surface area (Å²) in [4.78, 5) is 72.4. The largest absolute Gasteiger partial charge is 0.457 e. The predicted octanol–water partition coefficient (Wildman–Crippen LogP) is 8.65. The van der Waals surface area contributed by atoms with E-state index in [1.807, 2.05) is 45.2 Å². The van der Waals surface area contributed by atoms with Gasteiger partial charge in [0.2, 0.25) is 0 Å². The summed E-state index contributed by atoms with van der Waals surface area (Å²) in [5, 5.41) is 27.6. The molecule has 0 aromatic heterocycles. The molecule has 0 radical (unpaired) electrons. The van der Waals surface area contributed by atoms with Crippen molar-refractivity contribution in [3.63, 3.8) is 0 Å². The molecule has 0 atom stereocenters. The average molecular weight is 958 g/mol. The van der Waals surface area contributed by atoms with Gasteiger partial charge < -0.3 is 18.9 Å². The number of amides is 2. The molecule has 0 fully saturated rings. The number of nitrogens with zero attached hydrogens (tertiary/aromatic N) is 2. The van der Waals surface area contributed by atoms with Crippen LogP contribution >= 0.6 is 45.2 Å². The number of benzene rings is 5. The van der Waals surface area contributed by atoms with Gasteiger partial charge >= 0.3 is 24.1 Å². The number of anilines is 2. The molecule has 2 amide bonds. The quantitative estimate of drug-likeness (QED) is 0.0520. The van der Waals surface area contributed by atoms with Gasteiger partial charge in [0.15, 0.2) is 0 Å². The standard InChI is InChI=1S/C36H24I2N4O12/c37-25-12-23(33(43)51-19-21-6-1-3-10-31(21)41(47)48)14-29(16-25)53-35(45)39-27-8-5-9-28(18-27)40-36(46)54-30-15-24(13-26(38)17-30)34(44)52-20-22-7-2-4-11-32(22)42(49)50/h1-18H,19-20H2,(H,39,45)(H,40,46). The fourth-order valence-electron chi connectivity index (χ4n) is 4.73. The van der Waals surface area contributed by atoms with Crippen molar-refractivity contribution in [2.24, 2.45) is 0 Å². The lowest BCUT2D eigenvalue weighted by atomic mass is 10.2. The van der Waals surface area contributed by atoms with E-state index in [1.54, 1.807) is 18.2 Å². The zero-order chi connectivity index (χ0) is 38.8. The second kappa shape index (κ2) is 18.1. The zero-order valence-corrected chi connectivity index (χ0v) is 31.7. The molecule has 274 valence electrons. The normalized spacial score (nSPS) is 10.4. The number of nitro groups is 2. The molecule has 5 rings (SSSR count). The van der Waals surface area contributed by atoms with Crippen LogP contribution in [0.3, 0.4) is 0 Å². The Morgan fingerprint density at radius 3 is 1.37 bits per heavy atom. The Labute approximate surface area is 332 Å². The van der Waals surface area contributed by atoms with Gasteiger partial charge in [-0.25, -0.2) is 19.2 Å². The maximum absolute atomic E-state index is 12.8. The van der Waals surface area contributed by atoms with Gasteiger partial charge in [-0.3, -0.25) is 30.9 Å². The molecule has 0 saturated heterocycles. The molecule has 0 unspecified atom stereocenters. The van der Waals surface area contributed by atoms with E-state index < -0.39 is 34.0 Å². The van der Waals surface area contributed by atoms with Crippen LogP contribution in [0.2, 0.25) is 0 Å². The minimum atomic E-state index is -0.920. The van der Waals surface area contributed by atoms with Gasteiger partial charge in [-0.05, 0) is 112 Å². The lowest BCUT2D eigenvalue weighted by Crippen LogP contribution is -2.19. The van der Waals surface area contributed by atoms with E-state index in [9.17, 15) is 39.4 Å². The second-order valence-corrected chi connectivity index (χ2v) is 13.4. The van der Waals surface area contributed by atoms with Crippen molar-refractivity contribution in [1.29, 1.82) is 0 Å². The van der Waals surface area contributed by atoms with Crippen LogP contribution in [0, 0.1) is 27.4 Å². The summed E-state index contributed by atoms with van der Waals surface area (Å²) in [6, 6.07) is 26.3. The molecule has 0 aliphatic heterocycles. The monoisotopic (exact) mass is 958 g/mol. The van der Waals surface area contributed by atoms with Crippen LogP contribution in [0.4, 0.5) is 32.3 Å². The van der Waals surface area contributed by atoms with Crippen LogP contribution < -0.4 is 20.1 Å². The number of hydrogen-bond acceptors (Lipinski definition) is 12. The third kappa shape index (κ3) is 10.9. The van der Waals surface area contributed by atoms with Crippen LogP contribution in [0.1, 0.15) is 31.8 Å². The Hall–Kier alpha value is -6.16. The highest BCUT2D eigenvalue weighted by molar-refractivity contribution is 14.1. The fraction of sp³-hybridized carbons (Fsp3) is 0.0556. The maximum Gasteiger partial charge on any atom is 0.417 e. The van der Waals surface area contributed by atoms with E-state index in [0.29, 0.717) is 7.14 Å². The third-order valence-electron chi connectivity index (χ3n) is 7.08. The summed E-state index contributed by atoms with van der Waals surface area (Å²) < 4.78 is 22.4. The number of carbonyl (C=O) groups is 4. The Balaban J connectivity index is 1.16. The molecule has 0 heterocycles. The summed E-state index contributed by atoms with van der Waals surface area (Å²) in [5.74, 6) is -1.56. The number of ether oxygens (including phenoxy) is 4. The Morgan fingerprint density at radius 2 is 0.963 bits per heavy atom. The molecule has 2 N–H and O–H groups in total. The van der Waals surface area contributed by atoms with Gasteiger partial charge in [-0.2, -0.15) is 0 Å². The minimum Gasteiger partial charge on any atom is -0.457 e. The molecule has 5 aromatic rings. The molecular formula is C36H24I2N4O12. The van der Waals surface area contributed by atoms with Crippen LogP contribution in [0.25, 0.3) is 0 Å². The summed E-state index contributed by atoms with van der Waals surface area (Å²) in [7, 11) is 0. The van der Waals surface area contributed by atoms with Crippen molar-refractivity contribution in [2.75, 3.05) is 10.6 Å². The molecule has 0 aliphatic rings. The molecule has 0 aliphatic carbocycles. The van der Waals surface area contributed by atoms with Crippen molar-refractivity contribution in [2.45, 2.75) is 13.2 Å². The Morgan fingerprint density at radius 1 is 0.556 bits per heavy atom. The Bertz CT molecular complexity index is 2130. The first-order valence-corrected chi connectivity index (χ1v) is 17.5. The van der Waals surface area contributed by atoms with E-state index >= 15 is 0 Å². The van der Waals surface area contributed by atoms with Crippen LogP contribution in [0.5, 0.6) is 11.5 Å². The van der Waals surface area contributed by atoms with Crippen LogP contribution in [0.15, 0.2) is 109 Å². The molecule has 0 spiro atoms. The zero-order valence-electron chi connectivity index (χ0n) is 27.4. The van der Waals surface area contributed by atoms with E-state index in [2.05, 4.69) is 10.6 Å². The third-order valence-corrected chi connectivity index (χ3v) is 8.33. The summed E-state index contributed by atoms with van der Waals surface area (Å²) in [5.41, 5.74) is 0.579. The number of nitrogens with one attached hydrogen (secondary N) is 2. The lowest BCUT2D eigenvalue weighted by molar-refractivity contribution is -0.386. The minimum absolute atomic E-state index is 0.0111. The highest BCUT2D eigenvalue weighted by Gasteiger charge is 2.19.